The van der Waals surface area contributed by atoms with Gasteiger partial charge in [-0.15, -0.1) is 0 Å². The highest BCUT2D eigenvalue weighted by Crippen LogP contribution is 2.28. The van der Waals surface area contributed by atoms with Crippen molar-refractivity contribution in [3.8, 4) is 17.2 Å². The lowest BCUT2D eigenvalue weighted by atomic mass is 10.2. The lowest BCUT2D eigenvalue weighted by Gasteiger charge is -2.14. The van der Waals surface area contributed by atoms with Crippen LogP contribution in [0.15, 0.2) is 66.7 Å². The van der Waals surface area contributed by atoms with Gasteiger partial charge in [0.25, 0.3) is 5.91 Å². The lowest BCUT2D eigenvalue weighted by Crippen LogP contribution is -2.20. The van der Waals surface area contributed by atoms with Crippen molar-refractivity contribution in [2.45, 2.75) is 20.4 Å². The van der Waals surface area contributed by atoms with Crippen LogP contribution in [0.5, 0.6) is 17.2 Å². The smallest absolute Gasteiger partial charge is 0.262 e. The summed E-state index contributed by atoms with van der Waals surface area (Å²) in [4.78, 5) is 12.2. The molecule has 0 saturated carbocycles. The van der Waals surface area contributed by atoms with Gasteiger partial charge in [-0.2, -0.15) is 0 Å². The molecule has 0 aliphatic heterocycles. The minimum absolute atomic E-state index is 0.103. The summed E-state index contributed by atoms with van der Waals surface area (Å²) in [5, 5.41) is 6.22. The molecule has 0 aliphatic rings. The fraction of sp³-hybridized carbons (Fsp3) is 0.240. The van der Waals surface area contributed by atoms with E-state index in [0.717, 1.165) is 28.3 Å². The zero-order chi connectivity index (χ0) is 22.1. The molecule has 0 aromatic heterocycles. The fourth-order valence-corrected chi connectivity index (χ4v) is 3.02. The third-order valence-corrected chi connectivity index (χ3v) is 4.67. The molecule has 0 bridgehead atoms. The van der Waals surface area contributed by atoms with E-state index in [1.807, 2.05) is 80.6 Å². The minimum Gasteiger partial charge on any atom is -0.494 e. The number of amides is 1. The zero-order valence-electron chi connectivity index (χ0n) is 18.1. The van der Waals surface area contributed by atoms with Gasteiger partial charge in [-0.3, -0.25) is 4.79 Å². The molecule has 6 heteroatoms. The first-order chi connectivity index (χ1) is 15.1. The van der Waals surface area contributed by atoms with Crippen molar-refractivity contribution < 1.29 is 19.0 Å². The van der Waals surface area contributed by atoms with Gasteiger partial charge in [-0.05, 0) is 67.4 Å². The first kappa shape index (κ1) is 22.0. The number of methoxy groups -OCH3 is 1. The maximum Gasteiger partial charge on any atom is 0.262 e. The van der Waals surface area contributed by atoms with Gasteiger partial charge in [0.05, 0.1) is 13.7 Å². The summed E-state index contributed by atoms with van der Waals surface area (Å²) in [6.07, 6.45) is 0. The largest absolute Gasteiger partial charge is 0.494 e. The number of carbonyl (C=O) groups excluding carboxylic acids is 1. The molecule has 3 aromatic carbocycles. The molecule has 2 N–H and O–H groups in total. The van der Waals surface area contributed by atoms with Gasteiger partial charge in [0.2, 0.25) is 0 Å². The number of ether oxygens (including phenoxy) is 3. The Morgan fingerprint density at radius 2 is 1.71 bits per heavy atom. The molecule has 0 atom stereocenters. The number of nitrogens with one attached hydrogen (secondary N) is 2. The van der Waals surface area contributed by atoms with Crippen molar-refractivity contribution in [2.75, 3.05) is 31.0 Å². The van der Waals surface area contributed by atoms with E-state index in [-0.39, 0.29) is 12.5 Å². The number of rotatable bonds is 10. The van der Waals surface area contributed by atoms with Crippen LogP contribution in [-0.4, -0.2) is 26.2 Å². The molecule has 0 heterocycles. The van der Waals surface area contributed by atoms with Crippen LogP contribution >= 0.6 is 0 Å². The van der Waals surface area contributed by atoms with Crippen LogP contribution in [0.1, 0.15) is 18.1 Å². The second-order valence-electron chi connectivity index (χ2n) is 6.95. The van der Waals surface area contributed by atoms with E-state index >= 15 is 0 Å². The number of anilines is 2. The van der Waals surface area contributed by atoms with Crippen LogP contribution in [0.4, 0.5) is 11.4 Å². The molecule has 0 aliphatic carbocycles. The fourth-order valence-electron chi connectivity index (χ4n) is 3.02. The first-order valence-electron chi connectivity index (χ1n) is 10.2. The van der Waals surface area contributed by atoms with E-state index in [4.69, 9.17) is 14.2 Å². The summed E-state index contributed by atoms with van der Waals surface area (Å²) in [7, 11) is 1.58. The van der Waals surface area contributed by atoms with Crippen LogP contribution < -0.4 is 24.8 Å². The van der Waals surface area contributed by atoms with Crippen LogP contribution in [0.3, 0.4) is 0 Å². The molecule has 3 rings (SSSR count). The molecule has 0 saturated heterocycles. The van der Waals surface area contributed by atoms with Gasteiger partial charge in [0.1, 0.15) is 5.75 Å². The monoisotopic (exact) mass is 420 g/mol. The third kappa shape index (κ3) is 6.40. The second kappa shape index (κ2) is 10.9. The van der Waals surface area contributed by atoms with Crippen molar-refractivity contribution in [2.24, 2.45) is 0 Å². The van der Waals surface area contributed by atoms with Gasteiger partial charge >= 0.3 is 0 Å². The Labute approximate surface area is 183 Å². The standard InChI is InChI=1S/C25H28N2O4/c1-4-30-21-12-10-20(11-13-21)26-16-19-9-14-23(24(15-19)29-3)31-17-25(28)27-22-8-6-5-7-18(22)2/h5-15,26H,4,16-17H2,1-3H3,(H,27,28). The molecule has 162 valence electrons. The lowest BCUT2D eigenvalue weighted by molar-refractivity contribution is -0.118. The Bertz CT molecular complexity index is 1000. The van der Waals surface area contributed by atoms with Crippen LogP contribution in [0.2, 0.25) is 0 Å². The topological polar surface area (TPSA) is 68.8 Å². The van der Waals surface area contributed by atoms with E-state index in [2.05, 4.69) is 10.6 Å². The van der Waals surface area contributed by atoms with Gasteiger partial charge in [-0.25, -0.2) is 0 Å². The van der Waals surface area contributed by atoms with Crippen molar-refractivity contribution >= 4 is 17.3 Å². The average molecular weight is 421 g/mol. The molecule has 6 nitrogen and oxygen atoms in total. The summed E-state index contributed by atoms with van der Waals surface area (Å²) in [5.74, 6) is 1.72. The SMILES string of the molecule is CCOc1ccc(NCc2ccc(OCC(=O)Nc3ccccc3C)c(OC)c2)cc1. The van der Waals surface area contributed by atoms with Crippen LogP contribution in [0, 0.1) is 6.92 Å². The Hall–Kier alpha value is -3.67. The molecule has 0 spiro atoms. The maximum atomic E-state index is 12.2. The molecule has 1 amide bonds. The van der Waals surface area contributed by atoms with Gasteiger partial charge in [0.15, 0.2) is 18.1 Å². The van der Waals surface area contributed by atoms with Gasteiger partial charge < -0.3 is 24.8 Å². The number of carbonyl (C=O) groups is 1. The Balaban J connectivity index is 1.55. The van der Waals surface area contributed by atoms with Crippen molar-refractivity contribution in [1.82, 2.24) is 0 Å². The summed E-state index contributed by atoms with van der Waals surface area (Å²) in [6, 6.07) is 21.1. The van der Waals surface area contributed by atoms with Crippen molar-refractivity contribution in [1.29, 1.82) is 0 Å². The van der Waals surface area contributed by atoms with Gasteiger partial charge in [-0.1, -0.05) is 24.3 Å². The molecule has 0 unspecified atom stereocenters. The van der Waals surface area contributed by atoms with E-state index < -0.39 is 0 Å². The number of benzene rings is 3. The summed E-state index contributed by atoms with van der Waals surface area (Å²) in [5.41, 5.74) is 3.80. The Kier molecular flexibility index (Phi) is 7.76. The van der Waals surface area contributed by atoms with Crippen molar-refractivity contribution in [3.05, 3.63) is 77.9 Å². The highest BCUT2D eigenvalue weighted by Gasteiger charge is 2.10. The van der Waals surface area contributed by atoms with Crippen molar-refractivity contribution in [3.63, 3.8) is 0 Å². The van der Waals surface area contributed by atoms with Gasteiger partial charge in [0, 0.05) is 17.9 Å². The molecule has 0 radical (unpaired) electrons. The number of hydrogen-bond acceptors (Lipinski definition) is 5. The van der Waals surface area contributed by atoms with Crippen LogP contribution in [0.25, 0.3) is 0 Å². The average Bonchev–Trinajstić information content (AvgIpc) is 2.79. The van der Waals surface area contributed by atoms with E-state index in [1.54, 1.807) is 7.11 Å². The van der Waals surface area contributed by atoms with Crippen LogP contribution in [-0.2, 0) is 11.3 Å². The highest BCUT2D eigenvalue weighted by molar-refractivity contribution is 5.92. The maximum absolute atomic E-state index is 12.2. The normalized spacial score (nSPS) is 10.3. The Morgan fingerprint density at radius 3 is 2.42 bits per heavy atom. The molecular formula is C25H28N2O4. The van der Waals surface area contributed by atoms with E-state index in [9.17, 15) is 4.79 Å². The number of aryl methyl sites for hydroxylation is 1. The zero-order valence-corrected chi connectivity index (χ0v) is 18.1. The molecular weight excluding hydrogens is 392 g/mol. The minimum atomic E-state index is -0.224. The predicted molar refractivity (Wildman–Crippen MR) is 123 cm³/mol. The quantitative estimate of drug-likeness (QED) is 0.481. The summed E-state index contributed by atoms with van der Waals surface area (Å²) in [6.45, 7) is 5.07. The predicted octanol–water partition coefficient (Wildman–Crippen LogP) is 5.03. The highest BCUT2D eigenvalue weighted by atomic mass is 16.5. The first-order valence-corrected chi connectivity index (χ1v) is 10.2. The number of hydrogen-bond donors (Lipinski definition) is 2. The molecule has 0 fully saturated rings. The number of para-hydroxylation sites is 1. The van der Waals surface area contributed by atoms with E-state index in [0.29, 0.717) is 24.7 Å². The second-order valence-corrected chi connectivity index (χ2v) is 6.95. The molecule has 3 aromatic rings. The third-order valence-electron chi connectivity index (χ3n) is 4.67. The Morgan fingerprint density at radius 1 is 0.935 bits per heavy atom. The summed E-state index contributed by atoms with van der Waals surface area (Å²) >= 11 is 0. The molecule has 31 heavy (non-hydrogen) atoms. The van der Waals surface area contributed by atoms with E-state index in [1.165, 1.54) is 0 Å². The summed E-state index contributed by atoms with van der Waals surface area (Å²) < 4.78 is 16.6.